The lowest BCUT2D eigenvalue weighted by atomic mass is 9.95. The van der Waals surface area contributed by atoms with Gasteiger partial charge >= 0.3 is 5.97 Å². The van der Waals surface area contributed by atoms with Crippen molar-refractivity contribution in [1.29, 1.82) is 0 Å². The molecular formula is C22H19Cl3N2O3S. The number of aliphatic imine (C=N–C) groups is 1. The van der Waals surface area contributed by atoms with Gasteiger partial charge in [0.1, 0.15) is 6.04 Å². The van der Waals surface area contributed by atoms with Gasteiger partial charge in [0.25, 0.3) is 5.91 Å². The lowest BCUT2D eigenvalue weighted by molar-refractivity contribution is -0.139. The van der Waals surface area contributed by atoms with Crippen molar-refractivity contribution in [3.8, 4) is 0 Å². The van der Waals surface area contributed by atoms with Gasteiger partial charge in [-0.3, -0.25) is 9.69 Å². The zero-order valence-electron chi connectivity index (χ0n) is 17.0. The Kier molecular flexibility index (Phi) is 7.70. The van der Waals surface area contributed by atoms with Crippen LogP contribution in [0.2, 0.25) is 15.1 Å². The summed E-state index contributed by atoms with van der Waals surface area (Å²) in [6.07, 6.45) is 1.81. The van der Waals surface area contributed by atoms with Crippen molar-refractivity contribution in [2.45, 2.75) is 19.9 Å². The first kappa shape index (κ1) is 23.7. The van der Waals surface area contributed by atoms with Gasteiger partial charge in [0.05, 0.1) is 27.2 Å². The van der Waals surface area contributed by atoms with Crippen LogP contribution < -0.4 is 0 Å². The number of carbonyl (C=O) groups is 2. The van der Waals surface area contributed by atoms with Crippen LogP contribution in [0.4, 0.5) is 0 Å². The Hall–Kier alpha value is -1.99. The Morgan fingerprint density at radius 3 is 2.29 bits per heavy atom. The average molecular weight is 498 g/mol. The summed E-state index contributed by atoms with van der Waals surface area (Å²) >= 11 is 19.8. The summed E-state index contributed by atoms with van der Waals surface area (Å²) in [4.78, 5) is 32.4. The van der Waals surface area contributed by atoms with Crippen molar-refractivity contribution in [3.63, 3.8) is 0 Å². The number of carbonyl (C=O) groups excluding carboxylic acids is 2. The van der Waals surface area contributed by atoms with E-state index in [9.17, 15) is 9.59 Å². The maximum Gasteiger partial charge on any atom is 0.338 e. The van der Waals surface area contributed by atoms with Gasteiger partial charge in [-0.1, -0.05) is 64.8 Å². The van der Waals surface area contributed by atoms with E-state index in [4.69, 9.17) is 44.5 Å². The molecule has 2 aromatic rings. The highest BCUT2D eigenvalue weighted by atomic mass is 35.5. The SMILES string of the molecule is CCOC(=O)C1=C(C)N(C(=O)c2ccccc2)C(SC)=NC1c1cc(Cl)c(Cl)c(Cl)c1. The summed E-state index contributed by atoms with van der Waals surface area (Å²) in [7, 11) is 0. The highest BCUT2D eigenvalue weighted by Crippen LogP contribution is 2.41. The summed E-state index contributed by atoms with van der Waals surface area (Å²) < 4.78 is 5.29. The highest BCUT2D eigenvalue weighted by molar-refractivity contribution is 8.13. The average Bonchev–Trinajstić information content (AvgIpc) is 2.76. The largest absolute Gasteiger partial charge is 0.463 e. The molecule has 1 atom stereocenters. The van der Waals surface area contributed by atoms with Gasteiger partial charge in [0, 0.05) is 11.3 Å². The summed E-state index contributed by atoms with van der Waals surface area (Å²) in [6.45, 7) is 3.59. The number of amidine groups is 1. The van der Waals surface area contributed by atoms with Gasteiger partial charge in [-0.15, -0.1) is 0 Å². The van der Waals surface area contributed by atoms with E-state index in [1.165, 1.54) is 16.7 Å². The number of allylic oxidation sites excluding steroid dienone is 1. The number of hydrogen-bond donors (Lipinski definition) is 0. The van der Waals surface area contributed by atoms with E-state index in [1.54, 1.807) is 50.2 Å². The van der Waals surface area contributed by atoms with Gasteiger partial charge in [0.15, 0.2) is 5.17 Å². The molecule has 0 radical (unpaired) electrons. The zero-order valence-corrected chi connectivity index (χ0v) is 20.1. The number of rotatable bonds is 4. The normalized spacial score (nSPS) is 16.3. The Balaban J connectivity index is 2.19. The second-order valence-electron chi connectivity index (χ2n) is 6.54. The van der Waals surface area contributed by atoms with E-state index < -0.39 is 12.0 Å². The van der Waals surface area contributed by atoms with Crippen molar-refractivity contribution in [2.75, 3.05) is 12.9 Å². The Morgan fingerprint density at radius 2 is 1.74 bits per heavy atom. The second-order valence-corrected chi connectivity index (χ2v) is 8.51. The summed E-state index contributed by atoms with van der Waals surface area (Å²) in [5.41, 5.74) is 1.71. The Morgan fingerprint density at radius 1 is 1.13 bits per heavy atom. The van der Waals surface area contributed by atoms with Crippen LogP contribution in [0.3, 0.4) is 0 Å². The molecule has 1 aliphatic rings. The first-order valence-electron chi connectivity index (χ1n) is 9.33. The molecule has 0 bridgehead atoms. The molecule has 3 rings (SSSR count). The van der Waals surface area contributed by atoms with Crippen molar-refractivity contribution in [3.05, 3.63) is 79.9 Å². The zero-order chi connectivity index (χ0) is 22.7. The molecule has 0 aromatic heterocycles. The summed E-state index contributed by atoms with van der Waals surface area (Å²) in [6, 6.07) is 11.3. The second kappa shape index (κ2) is 10.1. The number of esters is 1. The first-order chi connectivity index (χ1) is 14.8. The fraction of sp³-hybridized carbons (Fsp3) is 0.227. The number of thioether (sulfide) groups is 1. The van der Waals surface area contributed by atoms with Gasteiger partial charge in [-0.2, -0.15) is 0 Å². The minimum Gasteiger partial charge on any atom is -0.463 e. The molecule has 1 aliphatic heterocycles. The van der Waals surface area contributed by atoms with Gasteiger partial charge in [-0.05, 0) is 49.9 Å². The topological polar surface area (TPSA) is 59.0 Å². The van der Waals surface area contributed by atoms with Gasteiger partial charge in [-0.25, -0.2) is 9.79 Å². The van der Waals surface area contributed by atoms with Crippen LogP contribution in [-0.2, 0) is 9.53 Å². The van der Waals surface area contributed by atoms with Crippen molar-refractivity contribution in [1.82, 2.24) is 4.90 Å². The molecule has 2 aromatic carbocycles. The van der Waals surface area contributed by atoms with E-state index in [2.05, 4.69) is 0 Å². The highest BCUT2D eigenvalue weighted by Gasteiger charge is 2.37. The first-order valence-corrected chi connectivity index (χ1v) is 11.7. The summed E-state index contributed by atoms with van der Waals surface area (Å²) in [5.74, 6) is -0.861. The molecule has 31 heavy (non-hydrogen) atoms. The molecule has 0 fully saturated rings. The standard InChI is InChI=1S/C22H19Cl3N2O3S/c1-4-30-21(29)17-12(2)27(20(28)13-8-6-5-7-9-13)22(31-3)26-19(17)14-10-15(23)18(25)16(24)11-14/h5-11,19H,4H2,1-3H3. The number of ether oxygens (including phenoxy) is 1. The van der Waals surface area contributed by atoms with Crippen LogP contribution in [0.25, 0.3) is 0 Å². The quantitative estimate of drug-likeness (QED) is 0.362. The smallest absolute Gasteiger partial charge is 0.338 e. The maximum atomic E-state index is 13.3. The van der Waals surface area contributed by atoms with Crippen molar-refractivity contribution in [2.24, 2.45) is 4.99 Å². The predicted octanol–water partition coefficient (Wildman–Crippen LogP) is 6.40. The van der Waals surface area contributed by atoms with Crippen LogP contribution in [-0.4, -0.2) is 34.8 Å². The van der Waals surface area contributed by atoms with Gasteiger partial charge < -0.3 is 4.74 Å². The molecule has 0 saturated heterocycles. The Bertz CT molecular complexity index is 1060. The third-order valence-electron chi connectivity index (χ3n) is 4.65. The minimum absolute atomic E-state index is 0.177. The van der Waals surface area contributed by atoms with E-state index in [1.807, 2.05) is 12.3 Å². The van der Waals surface area contributed by atoms with Crippen LogP contribution in [0.5, 0.6) is 0 Å². The molecule has 1 unspecified atom stereocenters. The summed E-state index contributed by atoms with van der Waals surface area (Å²) in [5, 5.41) is 1.14. The van der Waals surface area contributed by atoms with Crippen LogP contribution in [0, 0.1) is 0 Å². The molecule has 9 heteroatoms. The monoisotopic (exact) mass is 496 g/mol. The number of halogens is 3. The molecule has 162 valence electrons. The van der Waals surface area contributed by atoms with Crippen LogP contribution in [0.1, 0.15) is 35.8 Å². The molecule has 0 spiro atoms. The lowest BCUT2D eigenvalue weighted by Gasteiger charge is -2.33. The number of hydrogen-bond acceptors (Lipinski definition) is 5. The lowest BCUT2D eigenvalue weighted by Crippen LogP contribution is -2.39. The number of benzene rings is 2. The minimum atomic E-state index is -0.756. The molecule has 0 N–H and O–H groups in total. The fourth-order valence-corrected chi connectivity index (χ4v) is 4.46. The molecule has 5 nitrogen and oxygen atoms in total. The number of amides is 1. The van der Waals surface area contributed by atoms with E-state index in [0.29, 0.717) is 22.0 Å². The Labute approximate surface area is 200 Å². The molecule has 1 amide bonds. The van der Waals surface area contributed by atoms with E-state index >= 15 is 0 Å². The van der Waals surface area contributed by atoms with E-state index in [0.717, 1.165) is 0 Å². The molecule has 0 aliphatic carbocycles. The molecule has 0 saturated carbocycles. The van der Waals surface area contributed by atoms with E-state index in [-0.39, 0.29) is 33.2 Å². The van der Waals surface area contributed by atoms with Crippen LogP contribution in [0.15, 0.2) is 58.7 Å². The molecular weight excluding hydrogens is 479 g/mol. The third-order valence-corrected chi connectivity index (χ3v) is 6.50. The van der Waals surface area contributed by atoms with Crippen molar-refractivity contribution >= 4 is 63.6 Å². The molecule has 1 heterocycles. The van der Waals surface area contributed by atoms with Crippen molar-refractivity contribution < 1.29 is 14.3 Å². The number of nitrogens with zero attached hydrogens (tertiary/aromatic N) is 2. The predicted molar refractivity (Wildman–Crippen MR) is 127 cm³/mol. The van der Waals surface area contributed by atoms with Crippen LogP contribution >= 0.6 is 46.6 Å². The fourth-order valence-electron chi connectivity index (χ4n) is 3.23. The van der Waals surface area contributed by atoms with Gasteiger partial charge in [0.2, 0.25) is 0 Å². The third kappa shape index (κ3) is 4.77. The maximum absolute atomic E-state index is 13.3.